The molecular formula is C15H20ClNO2. The van der Waals surface area contributed by atoms with Gasteiger partial charge in [0.2, 0.25) is 5.91 Å². The van der Waals surface area contributed by atoms with E-state index in [2.05, 4.69) is 24.3 Å². The molecule has 19 heavy (non-hydrogen) atoms. The summed E-state index contributed by atoms with van der Waals surface area (Å²) in [7, 11) is 0. The number of hydrogen-bond acceptors (Lipinski definition) is 2. The third-order valence-corrected chi connectivity index (χ3v) is 3.65. The Hall–Kier alpha value is -1.06. The van der Waals surface area contributed by atoms with Crippen LogP contribution < -0.4 is 0 Å². The van der Waals surface area contributed by atoms with Crippen molar-refractivity contribution in [2.45, 2.75) is 25.4 Å². The van der Waals surface area contributed by atoms with Gasteiger partial charge in [0.25, 0.3) is 0 Å². The van der Waals surface area contributed by atoms with Crippen LogP contribution in [0.15, 0.2) is 30.3 Å². The standard InChI is InChI=1S/C15H20ClNO2/c16-11-15(18)17-9-8-14(12-17)19-10-4-7-13-5-2-1-3-6-13/h1-3,5-6,14H,4,7-12H2. The van der Waals surface area contributed by atoms with Crippen molar-refractivity contribution in [3.63, 3.8) is 0 Å². The minimum Gasteiger partial charge on any atom is -0.376 e. The quantitative estimate of drug-likeness (QED) is 0.592. The average Bonchev–Trinajstić information content (AvgIpc) is 2.93. The second-order valence-corrected chi connectivity index (χ2v) is 5.11. The van der Waals surface area contributed by atoms with E-state index in [0.717, 1.165) is 32.4 Å². The van der Waals surface area contributed by atoms with Gasteiger partial charge in [0, 0.05) is 19.7 Å². The molecule has 1 saturated heterocycles. The van der Waals surface area contributed by atoms with Gasteiger partial charge in [0.15, 0.2) is 0 Å². The second-order valence-electron chi connectivity index (χ2n) is 4.84. The molecule has 0 aliphatic carbocycles. The van der Waals surface area contributed by atoms with Gasteiger partial charge in [0.05, 0.1) is 6.10 Å². The van der Waals surface area contributed by atoms with Crippen LogP contribution in [0.5, 0.6) is 0 Å². The van der Waals surface area contributed by atoms with Gasteiger partial charge in [-0.1, -0.05) is 30.3 Å². The number of carbonyl (C=O) groups is 1. The highest BCUT2D eigenvalue weighted by molar-refractivity contribution is 6.27. The van der Waals surface area contributed by atoms with Crippen molar-refractivity contribution in [2.75, 3.05) is 25.6 Å². The van der Waals surface area contributed by atoms with Crippen LogP contribution in [-0.2, 0) is 16.0 Å². The Bertz CT molecular complexity index is 396. The van der Waals surface area contributed by atoms with Gasteiger partial charge >= 0.3 is 0 Å². The number of alkyl halides is 1. The highest BCUT2D eigenvalue weighted by Gasteiger charge is 2.25. The van der Waals surface area contributed by atoms with Crippen molar-refractivity contribution < 1.29 is 9.53 Å². The zero-order chi connectivity index (χ0) is 13.5. The number of aryl methyl sites for hydroxylation is 1. The third kappa shape index (κ3) is 4.51. The molecule has 1 amide bonds. The lowest BCUT2D eigenvalue weighted by atomic mass is 10.1. The summed E-state index contributed by atoms with van der Waals surface area (Å²) in [6.07, 6.45) is 3.17. The molecule has 0 bridgehead atoms. The van der Waals surface area contributed by atoms with E-state index < -0.39 is 0 Å². The lowest BCUT2D eigenvalue weighted by Gasteiger charge is -2.15. The Morgan fingerprint density at radius 3 is 2.89 bits per heavy atom. The number of amides is 1. The average molecular weight is 282 g/mol. The number of likely N-dealkylation sites (tertiary alicyclic amines) is 1. The predicted octanol–water partition coefficient (Wildman–Crippen LogP) is 2.48. The van der Waals surface area contributed by atoms with Gasteiger partial charge in [0.1, 0.15) is 5.88 Å². The molecule has 0 radical (unpaired) electrons. The molecule has 1 aromatic carbocycles. The molecule has 1 unspecified atom stereocenters. The van der Waals surface area contributed by atoms with Crippen molar-refractivity contribution in [3.05, 3.63) is 35.9 Å². The number of hydrogen-bond donors (Lipinski definition) is 0. The molecule has 0 saturated carbocycles. The fourth-order valence-electron chi connectivity index (χ4n) is 2.35. The second kappa shape index (κ2) is 7.51. The molecule has 1 atom stereocenters. The van der Waals surface area contributed by atoms with E-state index in [1.54, 1.807) is 4.90 Å². The van der Waals surface area contributed by atoms with Gasteiger partial charge in [-0.25, -0.2) is 0 Å². The zero-order valence-electron chi connectivity index (χ0n) is 11.1. The first-order valence-electron chi connectivity index (χ1n) is 6.79. The van der Waals surface area contributed by atoms with E-state index >= 15 is 0 Å². The molecule has 1 aliphatic rings. The fraction of sp³-hybridized carbons (Fsp3) is 0.533. The summed E-state index contributed by atoms with van der Waals surface area (Å²) in [6, 6.07) is 10.4. The first-order chi connectivity index (χ1) is 9.29. The molecule has 2 rings (SSSR count). The van der Waals surface area contributed by atoms with Crippen molar-refractivity contribution in [1.82, 2.24) is 4.90 Å². The summed E-state index contributed by atoms with van der Waals surface area (Å²) in [5, 5.41) is 0. The first-order valence-corrected chi connectivity index (χ1v) is 7.32. The molecule has 1 fully saturated rings. The maximum atomic E-state index is 11.4. The summed E-state index contributed by atoms with van der Waals surface area (Å²) in [6.45, 7) is 2.22. The molecule has 3 nitrogen and oxygen atoms in total. The van der Waals surface area contributed by atoms with Crippen molar-refractivity contribution >= 4 is 17.5 Å². The highest BCUT2D eigenvalue weighted by Crippen LogP contribution is 2.14. The zero-order valence-corrected chi connectivity index (χ0v) is 11.8. The van der Waals surface area contributed by atoms with Gasteiger partial charge < -0.3 is 9.64 Å². The van der Waals surface area contributed by atoms with Crippen LogP contribution in [-0.4, -0.2) is 42.5 Å². The van der Waals surface area contributed by atoms with Crippen molar-refractivity contribution in [2.24, 2.45) is 0 Å². The molecule has 1 aromatic rings. The minimum absolute atomic E-state index is 0.0112. The monoisotopic (exact) mass is 281 g/mol. The molecular weight excluding hydrogens is 262 g/mol. The Morgan fingerprint density at radius 2 is 2.16 bits per heavy atom. The molecule has 0 aromatic heterocycles. The van der Waals surface area contributed by atoms with Gasteiger partial charge in [-0.3, -0.25) is 4.79 Å². The van der Waals surface area contributed by atoms with Crippen molar-refractivity contribution in [1.29, 1.82) is 0 Å². The van der Waals surface area contributed by atoms with Crippen LogP contribution in [0.25, 0.3) is 0 Å². The van der Waals surface area contributed by atoms with Crippen LogP contribution in [0.2, 0.25) is 0 Å². The topological polar surface area (TPSA) is 29.5 Å². The normalized spacial score (nSPS) is 18.8. The van der Waals surface area contributed by atoms with E-state index in [-0.39, 0.29) is 17.9 Å². The molecule has 1 heterocycles. The Labute approximate surface area is 119 Å². The number of halogens is 1. The van der Waals surface area contributed by atoms with E-state index in [4.69, 9.17) is 16.3 Å². The molecule has 104 valence electrons. The van der Waals surface area contributed by atoms with E-state index in [1.165, 1.54) is 5.56 Å². The number of carbonyl (C=O) groups excluding carboxylic acids is 1. The number of benzene rings is 1. The van der Waals surface area contributed by atoms with Gasteiger partial charge in [-0.15, -0.1) is 11.6 Å². The smallest absolute Gasteiger partial charge is 0.237 e. The highest BCUT2D eigenvalue weighted by atomic mass is 35.5. The first kappa shape index (κ1) is 14.4. The number of rotatable bonds is 6. The SMILES string of the molecule is O=C(CCl)N1CCC(OCCCc2ccccc2)C1. The van der Waals surface area contributed by atoms with Crippen LogP contribution in [0.1, 0.15) is 18.4 Å². The van der Waals surface area contributed by atoms with E-state index in [9.17, 15) is 4.79 Å². The molecule has 4 heteroatoms. The lowest BCUT2D eigenvalue weighted by Crippen LogP contribution is -2.31. The van der Waals surface area contributed by atoms with Crippen LogP contribution in [0.3, 0.4) is 0 Å². The summed E-state index contributed by atoms with van der Waals surface area (Å²) in [5.41, 5.74) is 1.34. The van der Waals surface area contributed by atoms with Crippen LogP contribution in [0, 0.1) is 0 Å². The summed E-state index contributed by atoms with van der Waals surface area (Å²) in [5.74, 6) is 0.0813. The summed E-state index contributed by atoms with van der Waals surface area (Å²) in [4.78, 5) is 13.2. The Balaban J connectivity index is 1.61. The summed E-state index contributed by atoms with van der Waals surface area (Å²) >= 11 is 5.54. The van der Waals surface area contributed by atoms with Crippen LogP contribution in [0.4, 0.5) is 0 Å². The number of nitrogens with zero attached hydrogens (tertiary/aromatic N) is 1. The van der Waals surface area contributed by atoms with E-state index in [1.807, 2.05) is 6.07 Å². The van der Waals surface area contributed by atoms with Crippen LogP contribution >= 0.6 is 11.6 Å². The molecule has 1 aliphatic heterocycles. The maximum Gasteiger partial charge on any atom is 0.237 e. The molecule has 0 N–H and O–H groups in total. The lowest BCUT2D eigenvalue weighted by molar-refractivity contribution is -0.128. The third-order valence-electron chi connectivity index (χ3n) is 3.42. The fourth-order valence-corrected chi connectivity index (χ4v) is 2.52. The van der Waals surface area contributed by atoms with Gasteiger partial charge in [-0.05, 0) is 24.8 Å². The number of ether oxygens (including phenoxy) is 1. The maximum absolute atomic E-state index is 11.4. The predicted molar refractivity (Wildman–Crippen MR) is 76.4 cm³/mol. The Morgan fingerprint density at radius 1 is 1.37 bits per heavy atom. The van der Waals surface area contributed by atoms with Gasteiger partial charge in [-0.2, -0.15) is 0 Å². The van der Waals surface area contributed by atoms with E-state index in [0.29, 0.717) is 6.54 Å². The largest absolute Gasteiger partial charge is 0.376 e. The minimum atomic E-state index is 0.0112. The van der Waals surface area contributed by atoms with Crippen molar-refractivity contribution in [3.8, 4) is 0 Å². The molecule has 0 spiro atoms. The summed E-state index contributed by atoms with van der Waals surface area (Å²) < 4.78 is 5.81. The Kier molecular flexibility index (Phi) is 5.67.